The molecule has 0 spiro atoms. The smallest absolute Gasteiger partial charge is 0.228 e. The Labute approximate surface area is 133 Å². The van der Waals surface area contributed by atoms with Crippen LogP contribution in [0.5, 0.6) is 5.75 Å². The number of sulfone groups is 1. The maximum atomic E-state index is 12.9. The lowest BCUT2D eigenvalue weighted by atomic mass is 10.3. The van der Waals surface area contributed by atoms with Crippen molar-refractivity contribution in [2.45, 2.75) is 11.7 Å². The molecular weight excluding hydrogens is 319 g/mol. The number of imidazole rings is 1. The first kappa shape index (κ1) is 15.5. The number of hydrogen-bond acceptors (Lipinski definition) is 4. The lowest BCUT2D eigenvalue weighted by molar-refractivity contribution is 0.294. The second-order valence-electron chi connectivity index (χ2n) is 5.11. The van der Waals surface area contributed by atoms with Crippen LogP contribution in [0, 0.1) is 5.82 Å². The highest BCUT2D eigenvalue weighted by atomic mass is 32.2. The summed E-state index contributed by atoms with van der Waals surface area (Å²) in [6, 6.07) is 12.9. The monoisotopic (exact) mass is 334 g/mol. The van der Waals surface area contributed by atoms with E-state index in [1.165, 1.54) is 24.3 Å². The quantitative estimate of drug-likeness (QED) is 0.720. The van der Waals surface area contributed by atoms with E-state index in [1.807, 2.05) is 12.1 Å². The number of benzene rings is 2. The fourth-order valence-electron chi connectivity index (χ4n) is 2.34. The van der Waals surface area contributed by atoms with Crippen molar-refractivity contribution < 1.29 is 17.5 Å². The molecule has 3 aromatic rings. The number of rotatable bonds is 5. The first-order valence-electron chi connectivity index (χ1n) is 6.99. The van der Waals surface area contributed by atoms with E-state index in [1.54, 1.807) is 16.7 Å². The number of aromatic nitrogens is 2. The van der Waals surface area contributed by atoms with Crippen LogP contribution in [0.25, 0.3) is 11.0 Å². The molecule has 1 aromatic heterocycles. The predicted molar refractivity (Wildman–Crippen MR) is 84.7 cm³/mol. The van der Waals surface area contributed by atoms with Crippen LogP contribution in [0.15, 0.2) is 53.7 Å². The minimum absolute atomic E-state index is 0.0152. The third kappa shape index (κ3) is 3.34. The molecule has 0 aliphatic carbocycles. The van der Waals surface area contributed by atoms with Crippen LogP contribution in [0.4, 0.5) is 4.39 Å². The van der Waals surface area contributed by atoms with Gasteiger partial charge in [-0.3, -0.25) is 0 Å². The molecule has 0 saturated heterocycles. The van der Waals surface area contributed by atoms with Gasteiger partial charge in [-0.2, -0.15) is 0 Å². The van der Waals surface area contributed by atoms with E-state index in [9.17, 15) is 12.8 Å². The molecule has 0 N–H and O–H groups in total. The van der Waals surface area contributed by atoms with E-state index in [-0.39, 0.29) is 17.6 Å². The molecule has 23 heavy (non-hydrogen) atoms. The van der Waals surface area contributed by atoms with Crippen molar-refractivity contribution >= 4 is 20.9 Å². The molecule has 0 saturated carbocycles. The Morgan fingerprint density at radius 1 is 1.13 bits per heavy atom. The zero-order valence-corrected chi connectivity index (χ0v) is 13.3. The molecule has 0 radical (unpaired) electrons. The number of para-hydroxylation sites is 2. The SMILES string of the molecule is CS(=O)(=O)c1nc2ccccc2n1CCOc1ccc(F)cc1. The van der Waals surface area contributed by atoms with E-state index in [0.29, 0.717) is 17.8 Å². The summed E-state index contributed by atoms with van der Waals surface area (Å²) in [5, 5.41) is 0.0152. The lowest BCUT2D eigenvalue weighted by Crippen LogP contribution is -2.14. The van der Waals surface area contributed by atoms with Crippen LogP contribution in [-0.2, 0) is 16.4 Å². The van der Waals surface area contributed by atoms with Crippen molar-refractivity contribution in [1.29, 1.82) is 0 Å². The molecule has 0 bridgehead atoms. The minimum atomic E-state index is -3.45. The summed E-state index contributed by atoms with van der Waals surface area (Å²) >= 11 is 0. The Morgan fingerprint density at radius 2 is 1.83 bits per heavy atom. The van der Waals surface area contributed by atoms with Crippen LogP contribution in [0.2, 0.25) is 0 Å². The molecule has 7 heteroatoms. The van der Waals surface area contributed by atoms with Crippen molar-refractivity contribution in [3.05, 3.63) is 54.3 Å². The van der Waals surface area contributed by atoms with Gasteiger partial charge in [0.15, 0.2) is 0 Å². The zero-order valence-electron chi connectivity index (χ0n) is 12.4. The number of nitrogens with zero attached hydrogens (tertiary/aromatic N) is 2. The number of halogens is 1. The van der Waals surface area contributed by atoms with Gasteiger partial charge in [0.05, 0.1) is 17.6 Å². The fourth-order valence-corrected chi connectivity index (χ4v) is 3.19. The van der Waals surface area contributed by atoms with E-state index in [0.717, 1.165) is 11.8 Å². The van der Waals surface area contributed by atoms with Crippen molar-refractivity contribution in [3.63, 3.8) is 0 Å². The van der Waals surface area contributed by atoms with Gasteiger partial charge in [-0.15, -0.1) is 0 Å². The summed E-state index contributed by atoms with van der Waals surface area (Å²) in [6.07, 6.45) is 1.13. The van der Waals surface area contributed by atoms with Gasteiger partial charge in [0, 0.05) is 6.26 Å². The molecular formula is C16H15FN2O3S. The topological polar surface area (TPSA) is 61.2 Å². The summed E-state index contributed by atoms with van der Waals surface area (Å²) in [7, 11) is -3.45. The molecule has 0 aliphatic heterocycles. The highest BCUT2D eigenvalue weighted by Gasteiger charge is 2.18. The van der Waals surface area contributed by atoms with Gasteiger partial charge in [0.25, 0.3) is 0 Å². The summed E-state index contributed by atoms with van der Waals surface area (Å²) in [5.41, 5.74) is 1.35. The molecule has 0 atom stereocenters. The van der Waals surface area contributed by atoms with Crippen molar-refractivity contribution in [2.24, 2.45) is 0 Å². The normalized spacial score (nSPS) is 11.7. The Morgan fingerprint density at radius 3 is 2.52 bits per heavy atom. The maximum absolute atomic E-state index is 12.9. The van der Waals surface area contributed by atoms with Gasteiger partial charge in [-0.05, 0) is 36.4 Å². The lowest BCUT2D eigenvalue weighted by Gasteiger charge is -2.10. The Bertz CT molecular complexity index is 934. The number of ether oxygens (including phenoxy) is 1. The summed E-state index contributed by atoms with van der Waals surface area (Å²) < 4.78 is 43.9. The molecule has 5 nitrogen and oxygen atoms in total. The molecule has 2 aromatic carbocycles. The molecule has 0 aliphatic rings. The van der Waals surface area contributed by atoms with Crippen LogP contribution < -0.4 is 4.74 Å². The third-order valence-corrected chi connectivity index (χ3v) is 4.32. The first-order valence-corrected chi connectivity index (χ1v) is 8.88. The van der Waals surface area contributed by atoms with Crippen LogP contribution in [-0.4, -0.2) is 30.8 Å². The van der Waals surface area contributed by atoms with Crippen LogP contribution in [0.1, 0.15) is 0 Å². The highest BCUT2D eigenvalue weighted by Crippen LogP contribution is 2.19. The van der Waals surface area contributed by atoms with E-state index < -0.39 is 9.84 Å². The minimum Gasteiger partial charge on any atom is -0.492 e. The summed E-state index contributed by atoms with van der Waals surface area (Å²) in [4.78, 5) is 4.19. The molecule has 1 heterocycles. The Kier molecular flexibility index (Phi) is 4.04. The van der Waals surface area contributed by atoms with Gasteiger partial charge in [-0.1, -0.05) is 12.1 Å². The molecule has 0 unspecified atom stereocenters. The van der Waals surface area contributed by atoms with Crippen molar-refractivity contribution in [2.75, 3.05) is 12.9 Å². The summed E-state index contributed by atoms with van der Waals surface area (Å²) in [5.74, 6) is 0.189. The molecule has 0 fully saturated rings. The summed E-state index contributed by atoms with van der Waals surface area (Å²) in [6.45, 7) is 0.564. The molecule has 0 amide bonds. The fraction of sp³-hybridized carbons (Fsp3) is 0.188. The number of hydrogen-bond donors (Lipinski definition) is 0. The number of fused-ring (bicyclic) bond motifs is 1. The van der Waals surface area contributed by atoms with Crippen molar-refractivity contribution in [1.82, 2.24) is 9.55 Å². The Balaban J connectivity index is 1.85. The first-order chi connectivity index (χ1) is 10.9. The van der Waals surface area contributed by atoms with Gasteiger partial charge >= 0.3 is 0 Å². The van der Waals surface area contributed by atoms with Crippen molar-refractivity contribution in [3.8, 4) is 5.75 Å². The Hall–Kier alpha value is -2.41. The van der Waals surface area contributed by atoms with Gasteiger partial charge < -0.3 is 9.30 Å². The largest absolute Gasteiger partial charge is 0.492 e. The molecule has 3 rings (SSSR count). The van der Waals surface area contributed by atoms with E-state index >= 15 is 0 Å². The van der Waals surface area contributed by atoms with Gasteiger partial charge in [0.2, 0.25) is 15.0 Å². The van der Waals surface area contributed by atoms with Gasteiger partial charge in [0.1, 0.15) is 18.2 Å². The highest BCUT2D eigenvalue weighted by molar-refractivity contribution is 7.90. The predicted octanol–water partition coefficient (Wildman–Crippen LogP) is 2.66. The van der Waals surface area contributed by atoms with Gasteiger partial charge in [-0.25, -0.2) is 17.8 Å². The van der Waals surface area contributed by atoms with Crippen LogP contribution in [0.3, 0.4) is 0 Å². The average molecular weight is 334 g/mol. The third-order valence-electron chi connectivity index (χ3n) is 3.35. The zero-order chi connectivity index (χ0) is 16.4. The van der Waals surface area contributed by atoms with Crippen LogP contribution >= 0.6 is 0 Å². The maximum Gasteiger partial charge on any atom is 0.228 e. The second-order valence-corrected chi connectivity index (χ2v) is 7.02. The van der Waals surface area contributed by atoms with E-state index in [2.05, 4.69) is 4.98 Å². The standard InChI is InChI=1S/C16H15FN2O3S/c1-23(20,21)16-18-14-4-2-3-5-15(14)19(16)10-11-22-13-8-6-12(17)7-9-13/h2-9H,10-11H2,1H3. The van der Waals surface area contributed by atoms with E-state index in [4.69, 9.17) is 4.74 Å². The average Bonchev–Trinajstić information content (AvgIpc) is 2.89. The molecule has 120 valence electrons. The second kappa shape index (κ2) is 6.00.